The summed E-state index contributed by atoms with van der Waals surface area (Å²) >= 11 is 0. The Morgan fingerprint density at radius 2 is 0.707 bits per heavy atom. The summed E-state index contributed by atoms with van der Waals surface area (Å²) in [7, 11) is 0. The Kier molecular flexibility index (Phi) is 36.9. The molecule has 0 saturated carbocycles. The Labute approximate surface area is 259 Å². The van der Waals surface area contributed by atoms with E-state index >= 15 is 0 Å². The molecule has 0 aromatic heterocycles. The van der Waals surface area contributed by atoms with Gasteiger partial charge in [0.2, 0.25) is 0 Å². The van der Waals surface area contributed by atoms with Gasteiger partial charge in [0.05, 0.1) is 6.10 Å². The van der Waals surface area contributed by atoms with E-state index in [0.29, 0.717) is 0 Å². The molecular weight excluding hydrogens is 500 g/mol. The van der Waals surface area contributed by atoms with Crippen LogP contribution in [0.1, 0.15) is 201 Å². The van der Waals surface area contributed by atoms with Crippen molar-refractivity contribution in [3.05, 3.63) is 30.9 Å². The zero-order chi connectivity index (χ0) is 29.7. The fraction of sp³-hybridized carbons (Fsp3) is 0.872. The normalized spacial score (nSPS) is 12.8. The molecule has 2 heteroatoms. The smallest absolute Gasteiger partial charge is 0.112 e. The molecule has 0 saturated heterocycles. The van der Waals surface area contributed by atoms with E-state index in [0.717, 1.165) is 19.6 Å². The van der Waals surface area contributed by atoms with Gasteiger partial charge in [0, 0.05) is 13.2 Å². The molecule has 41 heavy (non-hydrogen) atoms. The molecular formula is C39H75O2. The maximum Gasteiger partial charge on any atom is 0.112 e. The molecule has 0 aromatic rings. The second-order valence-corrected chi connectivity index (χ2v) is 12.5. The van der Waals surface area contributed by atoms with Crippen LogP contribution in [0.4, 0.5) is 0 Å². The summed E-state index contributed by atoms with van der Waals surface area (Å²) < 4.78 is 11.6. The van der Waals surface area contributed by atoms with Crippen LogP contribution in [0.25, 0.3) is 0 Å². The van der Waals surface area contributed by atoms with Gasteiger partial charge in [-0.1, -0.05) is 154 Å². The molecule has 0 spiro atoms. The van der Waals surface area contributed by atoms with Gasteiger partial charge in [-0.05, 0) is 71.1 Å². The van der Waals surface area contributed by atoms with Gasteiger partial charge in [-0.3, -0.25) is 0 Å². The molecule has 1 unspecified atom stereocenters. The summed E-state index contributed by atoms with van der Waals surface area (Å²) in [6, 6.07) is 0. The first kappa shape index (κ1) is 40.4. The Bertz CT molecular complexity index is 512. The fourth-order valence-corrected chi connectivity index (χ4v) is 5.29. The third kappa shape index (κ3) is 37.4. The quantitative estimate of drug-likeness (QED) is 0.0552. The first-order valence-electron chi connectivity index (χ1n) is 18.7. The molecule has 0 heterocycles. The highest BCUT2D eigenvalue weighted by atomic mass is 16.5. The zero-order valence-corrected chi connectivity index (χ0v) is 28.5. The molecule has 0 rings (SSSR count). The van der Waals surface area contributed by atoms with E-state index in [9.17, 15) is 0 Å². The fourth-order valence-electron chi connectivity index (χ4n) is 5.29. The SMILES string of the molecule is CCCCCCCC/C=C\CCCCCCCCO[CH]C(C)OCCCCCCCC/C=C\CCCCCCCC. The molecule has 2 nitrogen and oxygen atoms in total. The Hall–Kier alpha value is -0.600. The Morgan fingerprint density at radius 1 is 0.390 bits per heavy atom. The van der Waals surface area contributed by atoms with Gasteiger partial charge in [0.15, 0.2) is 0 Å². The van der Waals surface area contributed by atoms with Crippen LogP contribution in [0.3, 0.4) is 0 Å². The average Bonchev–Trinajstić information content (AvgIpc) is 2.98. The van der Waals surface area contributed by atoms with Crippen molar-refractivity contribution in [2.24, 2.45) is 0 Å². The third-order valence-corrected chi connectivity index (χ3v) is 8.10. The highest BCUT2D eigenvalue weighted by Gasteiger charge is 2.03. The monoisotopic (exact) mass is 576 g/mol. The lowest BCUT2D eigenvalue weighted by Gasteiger charge is -2.12. The number of unbranched alkanes of at least 4 members (excludes halogenated alkanes) is 24. The Morgan fingerprint density at radius 3 is 1.10 bits per heavy atom. The molecule has 0 aliphatic rings. The summed E-state index contributed by atoms with van der Waals surface area (Å²) in [5.74, 6) is 0. The first-order valence-corrected chi connectivity index (χ1v) is 18.7. The standard InChI is InChI=1S/C39H75O2/c1-4-6-8-10-12-14-16-18-20-22-24-26-28-30-32-34-36-40-38-39(3)41-37-35-33-31-29-27-25-23-21-19-17-15-13-11-9-7-5-2/h18-21,38-39H,4-17,22-37H2,1-3H3/b20-18-,21-19-. The third-order valence-electron chi connectivity index (χ3n) is 8.10. The summed E-state index contributed by atoms with van der Waals surface area (Å²) in [6.07, 6.45) is 47.4. The second-order valence-electron chi connectivity index (χ2n) is 12.5. The minimum Gasteiger partial charge on any atom is -0.376 e. The van der Waals surface area contributed by atoms with E-state index in [1.807, 2.05) is 6.61 Å². The van der Waals surface area contributed by atoms with Gasteiger partial charge in [-0.15, -0.1) is 0 Å². The number of allylic oxidation sites excluding steroid dienone is 4. The molecule has 1 radical (unpaired) electrons. The van der Waals surface area contributed by atoms with Gasteiger partial charge in [-0.2, -0.15) is 0 Å². The molecule has 0 aliphatic carbocycles. The summed E-state index contributed by atoms with van der Waals surface area (Å²) in [4.78, 5) is 0. The predicted molar refractivity (Wildman–Crippen MR) is 185 cm³/mol. The van der Waals surface area contributed by atoms with Gasteiger partial charge in [0.25, 0.3) is 0 Å². The van der Waals surface area contributed by atoms with Gasteiger partial charge in [0.1, 0.15) is 6.61 Å². The van der Waals surface area contributed by atoms with Crippen molar-refractivity contribution in [2.75, 3.05) is 13.2 Å². The molecule has 243 valence electrons. The number of hydrogen-bond donors (Lipinski definition) is 0. The highest BCUT2D eigenvalue weighted by Crippen LogP contribution is 2.12. The highest BCUT2D eigenvalue weighted by molar-refractivity contribution is 4.82. The van der Waals surface area contributed by atoms with Gasteiger partial charge in [-0.25, -0.2) is 0 Å². The van der Waals surface area contributed by atoms with Crippen molar-refractivity contribution in [3.8, 4) is 0 Å². The minimum absolute atomic E-state index is 0.104. The van der Waals surface area contributed by atoms with E-state index in [1.165, 1.54) is 173 Å². The van der Waals surface area contributed by atoms with E-state index in [-0.39, 0.29) is 6.10 Å². The van der Waals surface area contributed by atoms with Gasteiger partial charge >= 0.3 is 0 Å². The lowest BCUT2D eigenvalue weighted by atomic mass is 10.1. The Balaban J connectivity index is 3.21. The van der Waals surface area contributed by atoms with Crippen LogP contribution < -0.4 is 0 Å². The van der Waals surface area contributed by atoms with Crippen LogP contribution in [0.15, 0.2) is 24.3 Å². The van der Waals surface area contributed by atoms with Crippen molar-refractivity contribution >= 4 is 0 Å². The van der Waals surface area contributed by atoms with Crippen molar-refractivity contribution in [1.29, 1.82) is 0 Å². The maximum atomic E-state index is 5.90. The summed E-state index contributed by atoms with van der Waals surface area (Å²) in [6.45, 7) is 10.3. The molecule has 0 amide bonds. The predicted octanol–water partition coefficient (Wildman–Crippen LogP) is 13.6. The van der Waals surface area contributed by atoms with Crippen LogP contribution in [0.5, 0.6) is 0 Å². The molecule has 0 bridgehead atoms. The molecule has 0 aliphatic heterocycles. The van der Waals surface area contributed by atoms with Crippen LogP contribution in [0.2, 0.25) is 0 Å². The van der Waals surface area contributed by atoms with Crippen molar-refractivity contribution in [3.63, 3.8) is 0 Å². The van der Waals surface area contributed by atoms with Crippen molar-refractivity contribution in [2.45, 2.75) is 207 Å². The number of rotatable bonds is 35. The number of hydrogen-bond acceptors (Lipinski definition) is 2. The van der Waals surface area contributed by atoms with E-state index < -0.39 is 0 Å². The van der Waals surface area contributed by atoms with Crippen LogP contribution >= 0.6 is 0 Å². The average molecular weight is 576 g/mol. The largest absolute Gasteiger partial charge is 0.376 e. The van der Waals surface area contributed by atoms with E-state index in [1.54, 1.807) is 0 Å². The molecule has 1 atom stereocenters. The van der Waals surface area contributed by atoms with Crippen LogP contribution in [-0.2, 0) is 9.47 Å². The number of ether oxygens (including phenoxy) is 2. The van der Waals surface area contributed by atoms with Crippen molar-refractivity contribution in [1.82, 2.24) is 0 Å². The lowest BCUT2D eigenvalue weighted by Crippen LogP contribution is -2.12. The summed E-state index contributed by atoms with van der Waals surface area (Å²) in [5.41, 5.74) is 0. The van der Waals surface area contributed by atoms with E-state index in [4.69, 9.17) is 9.47 Å². The van der Waals surface area contributed by atoms with Gasteiger partial charge < -0.3 is 9.47 Å². The van der Waals surface area contributed by atoms with E-state index in [2.05, 4.69) is 45.1 Å². The topological polar surface area (TPSA) is 18.5 Å². The van der Waals surface area contributed by atoms with Crippen LogP contribution in [0, 0.1) is 6.61 Å². The zero-order valence-electron chi connectivity index (χ0n) is 28.5. The minimum atomic E-state index is 0.104. The molecule has 0 aromatic carbocycles. The molecule has 0 N–H and O–H groups in total. The molecule has 0 fully saturated rings. The maximum absolute atomic E-state index is 5.90. The first-order chi connectivity index (χ1) is 20.3. The summed E-state index contributed by atoms with van der Waals surface area (Å²) in [5, 5.41) is 0. The van der Waals surface area contributed by atoms with Crippen LogP contribution in [-0.4, -0.2) is 19.3 Å². The lowest BCUT2D eigenvalue weighted by molar-refractivity contribution is 0.0302. The van der Waals surface area contributed by atoms with Crippen molar-refractivity contribution < 1.29 is 9.47 Å². The second kappa shape index (κ2) is 37.4.